The van der Waals surface area contributed by atoms with Gasteiger partial charge in [-0.2, -0.15) is 0 Å². The van der Waals surface area contributed by atoms with Crippen molar-refractivity contribution < 1.29 is 9.59 Å². The average molecular weight is 286 g/mol. The third kappa shape index (κ3) is 2.80. The van der Waals surface area contributed by atoms with Crippen molar-refractivity contribution in [3.8, 4) is 0 Å². The summed E-state index contributed by atoms with van der Waals surface area (Å²) in [5.74, 6) is -0.0553. The lowest BCUT2D eigenvalue weighted by Crippen LogP contribution is -2.48. The van der Waals surface area contributed by atoms with Crippen molar-refractivity contribution in [3.63, 3.8) is 0 Å². The number of hydrogen-bond acceptors (Lipinski definition) is 2. The Kier molecular flexibility index (Phi) is 3.95. The second kappa shape index (κ2) is 5.88. The van der Waals surface area contributed by atoms with Gasteiger partial charge in [0.05, 0.1) is 0 Å². The highest BCUT2D eigenvalue weighted by atomic mass is 16.2. The van der Waals surface area contributed by atoms with E-state index in [4.69, 9.17) is 0 Å². The van der Waals surface area contributed by atoms with E-state index in [0.717, 1.165) is 24.8 Å². The molecule has 112 valence electrons. The first-order chi connectivity index (χ1) is 10.2. The maximum absolute atomic E-state index is 12.7. The fraction of sp³-hybridized carbons (Fsp3) is 0.529. The minimum atomic E-state index is -0.465. The molecule has 2 amide bonds. The molecule has 1 aliphatic heterocycles. The van der Waals surface area contributed by atoms with Gasteiger partial charge in [-0.25, -0.2) is 0 Å². The van der Waals surface area contributed by atoms with Crippen molar-refractivity contribution in [2.75, 3.05) is 6.54 Å². The minimum Gasteiger partial charge on any atom is -0.351 e. The van der Waals surface area contributed by atoms with Gasteiger partial charge in [-0.1, -0.05) is 37.1 Å². The summed E-state index contributed by atoms with van der Waals surface area (Å²) in [6, 6.07) is 7.78. The SMILES string of the molecule is CC(=O)N1CCc2ccccc2[C@H]1C(=O)NC1CCCC1. The van der Waals surface area contributed by atoms with E-state index in [0.29, 0.717) is 6.54 Å². The van der Waals surface area contributed by atoms with E-state index >= 15 is 0 Å². The molecular formula is C17H22N2O2. The third-order valence-electron chi connectivity index (χ3n) is 4.64. The van der Waals surface area contributed by atoms with Crippen LogP contribution in [0.3, 0.4) is 0 Å². The number of nitrogens with one attached hydrogen (secondary N) is 1. The number of benzene rings is 1. The van der Waals surface area contributed by atoms with Crippen LogP contribution in [0.1, 0.15) is 49.8 Å². The van der Waals surface area contributed by atoms with Crippen LogP contribution in [0.25, 0.3) is 0 Å². The maximum atomic E-state index is 12.7. The molecule has 1 aromatic rings. The number of hydrogen-bond donors (Lipinski definition) is 1. The molecule has 0 radical (unpaired) electrons. The van der Waals surface area contributed by atoms with Crippen LogP contribution < -0.4 is 5.32 Å². The van der Waals surface area contributed by atoms with Crippen molar-refractivity contribution in [2.24, 2.45) is 0 Å². The first-order valence-corrected chi connectivity index (χ1v) is 7.82. The lowest BCUT2D eigenvalue weighted by Gasteiger charge is -2.36. The minimum absolute atomic E-state index is 0.0238. The molecule has 1 aliphatic carbocycles. The van der Waals surface area contributed by atoms with Gasteiger partial charge in [0, 0.05) is 19.5 Å². The number of amides is 2. The Bertz CT molecular complexity index is 549. The normalized spacial score (nSPS) is 22.0. The van der Waals surface area contributed by atoms with Crippen molar-refractivity contribution in [2.45, 2.75) is 51.1 Å². The van der Waals surface area contributed by atoms with E-state index in [1.165, 1.54) is 18.4 Å². The van der Waals surface area contributed by atoms with E-state index in [2.05, 4.69) is 11.4 Å². The van der Waals surface area contributed by atoms with Gasteiger partial charge >= 0.3 is 0 Å². The van der Waals surface area contributed by atoms with Gasteiger partial charge < -0.3 is 10.2 Å². The number of carbonyl (C=O) groups excluding carboxylic acids is 2. The van der Waals surface area contributed by atoms with Crippen LogP contribution in [0.2, 0.25) is 0 Å². The monoisotopic (exact) mass is 286 g/mol. The van der Waals surface area contributed by atoms with Crippen LogP contribution in [0, 0.1) is 0 Å². The molecule has 4 heteroatoms. The Morgan fingerprint density at radius 1 is 1.19 bits per heavy atom. The van der Waals surface area contributed by atoms with Crippen LogP contribution in [-0.4, -0.2) is 29.3 Å². The summed E-state index contributed by atoms with van der Waals surface area (Å²) < 4.78 is 0. The Morgan fingerprint density at radius 2 is 1.90 bits per heavy atom. The van der Waals surface area contributed by atoms with Gasteiger partial charge in [0.1, 0.15) is 6.04 Å². The molecule has 0 aromatic heterocycles. The quantitative estimate of drug-likeness (QED) is 0.906. The van der Waals surface area contributed by atoms with Gasteiger partial charge in [-0.3, -0.25) is 9.59 Å². The van der Waals surface area contributed by atoms with Crippen molar-refractivity contribution in [1.29, 1.82) is 0 Å². The van der Waals surface area contributed by atoms with Crippen molar-refractivity contribution in [1.82, 2.24) is 10.2 Å². The van der Waals surface area contributed by atoms with Crippen LogP contribution in [0.4, 0.5) is 0 Å². The van der Waals surface area contributed by atoms with Crippen molar-refractivity contribution in [3.05, 3.63) is 35.4 Å². The fourth-order valence-electron chi connectivity index (χ4n) is 3.54. The van der Waals surface area contributed by atoms with Crippen LogP contribution in [0.5, 0.6) is 0 Å². The molecule has 0 unspecified atom stereocenters. The first-order valence-electron chi connectivity index (χ1n) is 7.82. The summed E-state index contributed by atoms with van der Waals surface area (Å²) in [4.78, 5) is 26.3. The standard InChI is InChI=1S/C17H22N2O2/c1-12(20)19-11-10-13-6-2-5-9-15(13)16(19)17(21)18-14-7-3-4-8-14/h2,5-6,9,14,16H,3-4,7-8,10-11H2,1H3,(H,18,21)/t16-/m0/s1. The summed E-state index contributed by atoms with van der Waals surface area (Å²) in [7, 11) is 0. The smallest absolute Gasteiger partial charge is 0.247 e. The molecular weight excluding hydrogens is 264 g/mol. The highest BCUT2D eigenvalue weighted by Gasteiger charge is 2.35. The van der Waals surface area contributed by atoms with Crippen molar-refractivity contribution >= 4 is 11.8 Å². The lowest BCUT2D eigenvalue weighted by atomic mass is 9.91. The molecule has 1 N–H and O–H groups in total. The van der Waals surface area contributed by atoms with E-state index < -0.39 is 6.04 Å². The molecule has 3 rings (SSSR count). The van der Waals surface area contributed by atoms with E-state index in [1.807, 2.05) is 18.2 Å². The molecule has 4 nitrogen and oxygen atoms in total. The van der Waals surface area contributed by atoms with Crippen LogP contribution >= 0.6 is 0 Å². The lowest BCUT2D eigenvalue weighted by molar-refractivity contribution is -0.140. The molecule has 1 atom stereocenters. The van der Waals surface area contributed by atoms with Gasteiger partial charge in [-0.15, -0.1) is 0 Å². The third-order valence-corrected chi connectivity index (χ3v) is 4.64. The van der Waals surface area contributed by atoms with E-state index in [9.17, 15) is 9.59 Å². The number of nitrogens with zero attached hydrogens (tertiary/aromatic N) is 1. The average Bonchev–Trinajstić information content (AvgIpc) is 2.98. The predicted octanol–water partition coefficient (Wildman–Crippen LogP) is 2.19. The Hall–Kier alpha value is -1.84. The molecule has 2 aliphatic rings. The fourth-order valence-corrected chi connectivity index (χ4v) is 3.54. The summed E-state index contributed by atoms with van der Waals surface area (Å²) in [6.45, 7) is 2.17. The van der Waals surface area contributed by atoms with Crippen LogP contribution in [0.15, 0.2) is 24.3 Å². The molecule has 0 bridgehead atoms. The second-order valence-electron chi connectivity index (χ2n) is 6.05. The number of fused-ring (bicyclic) bond motifs is 1. The molecule has 1 heterocycles. The highest BCUT2D eigenvalue weighted by molar-refractivity contribution is 5.89. The maximum Gasteiger partial charge on any atom is 0.247 e. The molecule has 1 fully saturated rings. The predicted molar refractivity (Wildman–Crippen MR) is 80.7 cm³/mol. The molecule has 1 aromatic carbocycles. The highest BCUT2D eigenvalue weighted by Crippen LogP contribution is 2.30. The zero-order valence-corrected chi connectivity index (χ0v) is 12.5. The summed E-state index contributed by atoms with van der Waals surface area (Å²) >= 11 is 0. The van der Waals surface area contributed by atoms with Gasteiger partial charge in [-0.05, 0) is 30.4 Å². The number of carbonyl (C=O) groups is 2. The Balaban J connectivity index is 1.87. The zero-order valence-electron chi connectivity index (χ0n) is 12.5. The topological polar surface area (TPSA) is 49.4 Å². The molecule has 0 spiro atoms. The zero-order chi connectivity index (χ0) is 14.8. The molecule has 1 saturated carbocycles. The van der Waals surface area contributed by atoms with E-state index in [-0.39, 0.29) is 17.9 Å². The first kappa shape index (κ1) is 14.1. The second-order valence-corrected chi connectivity index (χ2v) is 6.05. The van der Waals surface area contributed by atoms with Gasteiger partial charge in [0.15, 0.2) is 0 Å². The van der Waals surface area contributed by atoms with E-state index in [1.54, 1.807) is 11.8 Å². The number of rotatable bonds is 2. The largest absolute Gasteiger partial charge is 0.351 e. The Labute approximate surface area is 125 Å². The summed E-state index contributed by atoms with van der Waals surface area (Å²) in [5.41, 5.74) is 2.16. The van der Waals surface area contributed by atoms with Gasteiger partial charge in [0.25, 0.3) is 0 Å². The summed E-state index contributed by atoms with van der Waals surface area (Å²) in [5, 5.41) is 3.14. The summed E-state index contributed by atoms with van der Waals surface area (Å²) in [6.07, 6.45) is 5.30. The molecule has 21 heavy (non-hydrogen) atoms. The van der Waals surface area contributed by atoms with Crippen LogP contribution in [-0.2, 0) is 16.0 Å². The molecule has 0 saturated heterocycles. The van der Waals surface area contributed by atoms with Gasteiger partial charge in [0.2, 0.25) is 11.8 Å². The Morgan fingerprint density at radius 3 is 2.62 bits per heavy atom.